The third-order valence-electron chi connectivity index (χ3n) is 4.89. The molecule has 1 aliphatic rings. The van der Waals surface area contributed by atoms with E-state index in [1.54, 1.807) is 12.4 Å². The molecule has 0 atom stereocenters. The summed E-state index contributed by atoms with van der Waals surface area (Å²) in [6.45, 7) is 4.01. The number of nitrogen functional groups attached to an aromatic ring is 1. The van der Waals surface area contributed by atoms with Gasteiger partial charge in [-0.1, -0.05) is 11.6 Å². The molecule has 0 unspecified atom stereocenters. The third kappa shape index (κ3) is 3.30. The Morgan fingerprint density at radius 3 is 2.42 bits per heavy atom. The molecule has 2 aromatic heterocycles. The first-order chi connectivity index (χ1) is 12.6. The van der Waals surface area contributed by atoms with Crippen molar-refractivity contribution in [2.45, 2.75) is 6.42 Å². The van der Waals surface area contributed by atoms with E-state index in [4.69, 9.17) is 17.3 Å². The van der Waals surface area contributed by atoms with Gasteiger partial charge in [0, 0.05) is 56.2 Å². The van der Waals surface area contributed by atoms with Gasteiger partial charge >= 0.3 is 0 Å². The number of pyridine rings is 1. The molecule has 2 N–H and O–H groups in total. The quantitative estimate of drug-likeness (QED) is 0.766. The fraction of sp³-hybridized carbons (Fsp3) is 0.316. The molecular formula is C19H21ClN6. The van der Waals surface area contributed by atoms with Crippen molar-refractivity contribution in [1.29, 1.82) is 0 Å². The standard InChI is InChI=1S/C19H21ClN6/c1-25-6-8-26(9-7-25)18-2-3-22-17(19(18)21)11-13-10-15-16(12-14(13)20)24-5-4-23-15/h2-5,10,12H,6-9,11,21H2,1H3. The fourth-order valence-electron chi connectivity index (χ4n) is 3.31. The van der Waals surface area contributed by atoms with E-state index in [1.807, 2.05) is 24.4 Å². The average molecular weight is 369 g/mol. The number of benzene rings is 1. The predicted octanol–water partition coefficient (Wildman–Crippen LogP) is 2.60. The number of piperazine rings is 1. The lowest BCUT2D eigenvalue weighted by molar-refractivity contribution is 0.313. The van der Waals surface area contributed by atoms with Gasteiger partial charge in [-0.2, -0.15) is 0 Å². The summed E-state index contributed by atoms with van der Waals surface area (Å²) < 4.78 is 0. The highest BCUT2D eigenvalue weighted by Gasteiger charge is 2.18. The predicted molar refractivity (Wildman–Crippen MR) is 106 cm³/mol. The van der Waals surface area contributed by atoms with Gasteiger partial charge in [-0.25, -0.2) is 0 Å². The third-order valence-corrected chi connectivity index (χ3v) is 5.24. The van der Waals surface area contributed by atoms with Crippen molar-refractivity contribution in [3.63, 3.8) is 0 Å². The Kier molecular flexibility index (Phi) is 4.61. The molecule has 1 saturated heterocycles. The van der Waals surface area contributed by atoms with Gasteiger partial charge in [-0.05, 0) is 30.8 Å². The number of halogens is 1. The highest BCUT2D eigenvalue weighted by molar-refractivity contribution is 6.32. The second-order valence-electron chi connectivity index (χ2n) is 6.65. The molecule has 0 bridgehead atoms. The second kappa shape index (κ2) is 7.05. The Bertz CT molecular complexity index is 936. The zero-order valence-electron chi connectivity index (χ0n) is 14.7. The van der Waals surface area contributed by atoms with Gasteiger partial charge in [0.25, 0.3) is 0 Å². The van der Waals surface area contributed by atoms with Crippen molar-refractivity contribution in [2.24, 2.45) is 0 Å². The van der Waals surface area contributed by atoms with Gasteiger partial charge < -0.3 is 15.5 Å². The second-order valence-corrected chi connectivity index (χ2v) is 7.05. The van der Waals surface area contributed by atoms with Crippen LogP contribution in [0.4, 0.5) is 11.4 Å². The monoisotopic (exact) mass is 368 g/mol. The van der Waals surface area contributed by atoms with Crippen LogP contribution in [-0.2, 0) is 6.42 Å². The Morgan fingerprint density at radius 1 is 1.00 bits per heavy atom. The van der Waals surface area contributed by atoms with Crippen molar-refractivity contribution < 1.29 is 0 Å². The molecule has 26 heavy (non-hydrogen) atoms. The molecule has 1 aromatic carbocycles. The van der Waals surface area contributed by atoms with E-state index in [2.05, 4.69) is 31.8 Å². The minimum Gasteiger partial charge on any atom is -0.396 e. The maximum absolute atomic E-state index is 6.47. The van der Waals surface area contributed by atoms with Crippen molar-refractivity contribution in [2.75, 3.05) is 43.9 Å². The van der Waals surface area contributed by atoms with E-state index in [0.29, 0.717) is 11.4 Å². The summed E-state index contributed by atoms with van der Waals surface area (Å²) in [6.07, 6.45) is 5.74. The molecule has 0 aliphatic carbocycles. The largest absolute Gasteiger partial charge is 0.396 e. The summed E-state index contributed by atoms with van der Waals surface area (Å²) in [6, 6.07) is 5.81. The first-order valence-electron chi connectivity index (χ1n) is 8.68. The first-order valence-corrected chi connectivity index (χ1v) is 9.05. The van der Waals surface area contributed by atoms with Crippen LogP contribution in [0.1, 0.15) is 11.3 Å². The van der Waals surface area contributed by atoms with Crippen molar-refractivity contribution in [1.82, 2.24) is 19.9 Å². The van der Waals surface area contributed by atoms with Gasteiger partial charge in [0.2, 0.25) is 0 Å². The molecule has 3 heterocycles. The van der Waals surface area contributed by atoms with E-state index in [-0.39, 0.29) is 0 Å². The molecule has 0 saturated carbocycles. The number of hydrogen-bond acceptors (Lipinski definition) is 6. The number of anilines is 2. The highest BCUT2D eigenvalue weighted by atomic mass is 35.5. The lowest BCUT2D eigenvalue weighted by atomic mass is 10.1. The van der Waals surface area contributed by atoms with Gasteiger partial charge in [0.15, 0.2) is 0 Å². The number of aromatic nitrogens is 3. The summed E-state index contributed by atoms with van der Waals surface area (Å²) >= 11 is 6.46. The Balaban J connectivity index is 1.65. The molecule has 0 amide bonds. The molecule has 1 fully saturated rings. The summed E-state index contributed by atoms with van der Waals surface area (Å²) in [4.78, 5) is 17.8. The van der Waals surface area contributed by atoms with Crippen LogP contribution in [0.2, 0.25) is 5.02 Å². The Hall–Kier alpha value is -2.44. The van der Waals surface area contributed by atoms with E-state index in [1.165, 1.54) is 0 Å². The van der Waals surface area contributed by atoms with Crippen LogP contribution in [0.5, 0.6) is 0 Å². The number of nitrogens with zero attached hydrogens (tertiary/aromatic N) is 5. The van der Waals surface area contributed by atoms with Crippen LogP contribution in [0.15, 0.2) is 36.8 Å². The molecule has 7 heteroatoms. The SMILES string of the molecule is CN1CCN(c2ccnc(Cc3cc4nccnc4cc3Cl)c2N)CC1. The molecule has 6 nitrogen and oxygen atoms in total. The fourth-order valence-corrected chi connectivity index (χ4v) is 3.54. The summed E-state index contributed by atoms with van der Waals surface area (Å²) in [5.74, 6) is 0. The average Bonchev–Trinajstić information content (AvgIpc) is 2.65. The highest BCUT2D eigenvalue weighted by Crippen LogP contribution is 2.30. The normalized spacial score (nSPS) is 15.5. The van der Waals surface area contributed by atoms with Crippen LogP contribution < -0.4 is 10.6 Å². The minimum atomic E-state index is 0.568. The topological polar surface area (TPSA) is 71.2 Å². The maximum Gasteiger partial charge on any atom is 0.0901 e. The van der Waals surface area contributed by atoms with Gasteiger partial charge in [0.1, 0.15) is 0 Å². The number of nitrogens with two attached hydrogens (primary N) is 1. The van der Waals surface area contributed by atoms with Gasteiger partial charge in [-0.15, -0.1) is 0 Å². The summed E-state index contributed by atoms with van der Waals surface area (Å²) in [5.41, 5.74) is 11.7. The van der Waals surface area contributed by atoms with Crippen molar-refractivity contribution in [3.05, 3.63) is 53.1 Å². The molecule has 4 rings (SSSR count). The summed E-state index contributed by atoms with van der Waals surface area (Å²) in [5, 5.41) is 0.657. The van der Waals surface area contributed by atoms with Gasteiger partial charge in [-0.3, -0.25) is 15.0 Å². The van der Waals surface area contributed by atoms with E-state index >= 15 is 0 Å². The number of hydrogen-bond donors (Lipinski definition) is 1. The first kappa shape index (κ1) is 17.0. The van der Waals surface area contributed by atoms with Crippen molar-refractivity contribution >= 4 is 34.0 Å². The lowest BCUT2D eigenvalue weighted by Crippen LogP contribution is -2.44. The van der Waals surface area contributed by atoms with Crippen LogP contribution in [0.25, 0.3) is 11.0 Å². The Labute approximate surface area is 157 Å². The molecule has 0 spiro atoms. The minimum absolute atomic E-state index is 0.568. The van der Waals surface area contributed by atoms with Crippen LogP contribution in [0.3, 0.4) is 0 Å². The number of likely N-dealkylation sites (N-methyl/N-ethyl adjacent to an activating group) is 1. The smallest absolute Gasteiger partial charge is 0.0901 e. The number of fused-ring (bicyclic) bond motifs is 1. The molecule has 0 radical (unpaired) electrons. The molecule has 3 aromatic rings. The Morgan fingerprint density at radius 2 is 1.69 bits per heavy atom. The lowest BCUT2D eigenvalue weighted by Gasteiger charge is -2.34. The van der Waals surface area contributed by atoms with E-state index in [9.17, 15) is 0 Å². The molecule has 134 valence electrons. The summed E-state index contributed by atoms with van der Waals surface area (Å²) in [7, 11) is 2.14. The van der Waals surface area contributed by atoms with Crippen molar-refractivity contribution in [3.8, 4) is 0 Å². The molecular weight excluding hydrogens is 348 g/mol. The zero-order chi connectivity index (χ0) is 18.1. The van der Waals surface area contributed by atoms with E-state index in [0.717, 1.165) is 59.8 Å². The number of rotatable bonds is 3. The van der Waals surface area contributed by atoms with Crippen LogP contribution in [0, 0.1) is 0 Å². The van der Waals surface area contributed by atoms with E-state index < -0.39 is 0 Å². The van der Waals surface area contributed by atoms with Crippen LogP contribution in [-0.4, -0.2) is 53.1 Å². The molecule has 1 aliphatic heterocycles. The maximum atomic E-state index is 6.47. The van der Waals surface area contributed by atoms with Gasteiger partial charge in [0.05, 0.1) is 28.1 Å². The van der Waals surface area contributed by atoms with Crippen LogP contribution >= 0.6 is 11.6 Å². The zero-order valence-corrected chi connectivity index (χ0v) is 15.4.